The van der Waals surface area contributed by atoms with Gasteiger partial charge >= 0.3 is 5.97 Å². The van der Waals surface area contributed by atoms with Crippen LogP contribution in [0.15, 0.2) is 23.3 Å². The Hall–Kier alpha value is -2.00. The molecule has 106 valence electrons. The van der Waals surface area contributed by atoms with Gasteiger partial charge in [0.15, 0.2) is 0 Å². The summed E-state index contributed by atoms with van der Waals surface area (Å²) in [5, 5.41) is 3.82. The van der Waals surface area contributed by atoms with Crippen molar-refractivity contribution in [3.8, 4) is 0 Å². The van der Waals surface area contributed by atoms with Gasteiger partial charge < -0.3 is 4.74 Å². The van der Waals surface area contributed by atoms with Crippen molar-refractivity contribution >= 4 is 5.97 Å². The minimum absolute atomic E-state index is 0.244. The summed E-state index contributed by atoms with van der Waals surface area (Å²) in [7, 11) is 0. The predicted molar refractivity (Wildman–Crippen MR) is 76.2 cm³/mol. The lowest BCUT2D eigenvalue weighted by molar-refractivity contribution is -0.143. The van der Waals surface area contributed by atoms with Crippen LogP contribution in [-0.4, -0.2) is 12.6 Å². The number of azide groups is 1. The maximum atomic E-state index is 11.4. The van der Waals surface area contributed by atoms with Crippen LogP contribution in [0.5, 0.6) is 0 Å². The minimum atomic E-state index is -0.296. The molecule has 0 aromatic heterocycles. The van der Waals surface area contributed by atoms with E-state index in [1.54, 1.807) is 6.92 Å². The Morgan fingerprint density at radius 2 is 2.25 bits per heavy atom. The molecule has 0 radical (unpaired) electrons. The Bertz CT molecular complexity index is 536. The molecule has 0 aliphatic heterocycles. The third kappa shape index (κ3) is 3.52. The van der Waals surface area contributed by atoms with Gasteiger partial charge in [0.1, 0.15) is 0 Å². The summed E-state index contributed by atoms with van der Waals surface area (Å²) in [4.78, 5) is 14.3. The van der Waals surface area contributed by atoms with E-state index in [2.05, 4.69) is 22.2 Å². The molecule has 1 unspecified atom stereocenters. The fourth-order valence-corrected chi connectivity index (χ4v) is 2.64. The second-order valence-electron chi connectivity index (χ2n) is 4.95. The summed E-state index contributed by atoms with van der Waals surface area (Å²) in [6.45, 7) is 2.16. The van der Waals surface area contributed by atoms with Gasteiger partial charge in [-0.25, -0.2) is 0 Å². The third-order valence-electron chi connectivity index (χ3n) is 3.63. The zero-order valence-corrected chi connectivity index (χ0v) is 11.7. The van der Waals surface area contributed by atoms with Gasteiger partial charge in [0, 0.05) is 11.3 Å². The number of aryl methyl sites for hydroxylation is 2. The van der Waals surface area contributed by atoms with Crippen molar-refractivity contribution in [2.24, 2.45) is 5.11 Å². The maximum Gasteiger partial charge on any atom is 0.305 e. The number of hydrogen-bond donors (Lipinski definition) is 0. The van der Waals surface area contributed by atoms with Crippen LogP contribution < -0.4 is 0 Å². The summed E-state index contributed by atoms with van der Waals surface area (Å²) in [5.74, 6) is -0.244. The Labute approximate surface area is 118 Å². The molecule has 5 nitrogen and oxygen atoms in total. The lowest BCUT2D eigenvalue weighted by Gasteiger charge is -2.12. The average Bonchev–Trinajstić information content (AvgIpc) is 2.91. The number of fused-ring (bicyclic) bond motifs is 1. The van der Waals surface area contributed by atoms with Gasteiger partial charge in [0.2, 0.25) is 0 Å². The lowest BCUT2D eigenvalue weighted by Crippen LogP contribution is -2.06. The SMILES string of the molecule is CCOC(=O)CCC(N=[N+]=[N-])c1ccc2c(c1)CCC2. The third-order valence-corrected chi connectivity index (χ3v) is 3.63. The van der Waals surface area contributed by atoms with E-state index in [1.165, 1.54) is 17.5 Å². The van der Waals surface area contributed by atoms with E-state index in [-0.39, 0.29) is 18.4 Å². The molecule has 0 saturated carbocycles. The molecule has 5 heteroatoms. The molecule has 0 amide bonds. The second kappa shape index (κ2) is 6.96. The quantitative estimate of drug-likeness (QED) is 0.341. The summed E-state index contributed by atoms with van der Waals surface area (Å²) >= 11 is 0. The molecule has 0 N–H and O–H groups in total. The van der Waals surface area contributed by atoms with Gasteiger partial charge in [-0.1, -0.05) is 23.3 Å². The first-order valence-electron chi connectivity index (χ1n) is 7.06. The number of esters is 1. The van der Waals surface area contributed by atoms with Crippen LogP contribution in [0.4, 0.5) is 0 Å². The summed E-state index contributed by atoms with van der Waals surface area (Å²) < 4.78 is 4.91. The van der Waals surface area contributed by atoms with E-state index >= 15 is 0 Å². The van der Waals surface area contributed by atoms with Crippen LogP contribution in [0.1, 0.15) is 48.9 Å². The first-order valence-corrected chi connectivity index (χ1v) is 7.06. The Balaban J connectivity index is 2.08. The van der Waals surface area contributed by atoms with Crippen molar-refractivity contribution in [3.05, 3.63) is 45.3 Å². The Kier molecular flexibility index (Phi) is 5.02. The molecule has 20 heavy (non-hydrogen) atoms. The maximum absolute atomic E-state index is 11.4. The van der Waals surface area contributed by atoms with Crippen LogP contribution in [0.3, 0.4) is 0 Å². The van der Waals surface area contributed by atoms with Crippen LogP contribution in [0.25, 0.3) is 10.4 Å². The zero-order valence-electron chi connectivity index (χ0n) is 11.7. The van der Waals surface area contributed by atoms with Gasteiger partial charge in [0.05, 0.1) is 12.6 Å². The normalized spacial score (nSPS) is 14.2. The van der Waals surface area contributed by atoms with Crippen molar-refractivity contribution in [2.45, 2.75) is 45.1 Å². The molecule has 1 atom stereocenters. The van der Waals surface area contributed by atoms with E-state index in [4.69, 9.17) is 10.3 Å². The van der Waals surface area contributed by atoms with Gasteiger partial charge in [-0.2, -0.15) is 0 Å². The first kappa shape index (κ1) is 14.4. The Morgan fingerprint density at radius 1 is 1.45 bits per heavy atom. The number of nitrogens with zero attached hydrogens (tertiary/aromatic N) is 3. The van der Waals surface area contributed by atoms with E-state index in [1.807, 2.05) is 6.07 Å². The predicted octanol–water partition coefficient (Wildman–Crippen LogP) is 3.87. The standard InChI is InChI=1S/C15H19N3O2/c1-2-20-15(19)9-8-14(17-18-16)13-7-6-11-4-3-5-12(11)10-13/h6-7,10,14H,2-5,8-9H2,1H3. The Morgan fingerprint density at radius 3 is 3.00 bits per heavy atom. The largest absolute Gasteiger partial charge is 0.466 e. The van der Waals surface area contributed by atoms with Crippen molar-refractivity contribution < 1.29 is 9.53 Å². The van der Waals surface area contributed by atoms with Crippen molar-refractivity contribution in [3.63, 3.8) is 0 Å². The van der Waals surface area contributed by atoms with E-state index in [0.717, 1.165) is 18.4 Å². The van der Waals surface area contributed by atoms with E-state index in [9.17, 15) is 4.79 Å². The number of rotatable bonds is 6. The number of ether oxygens (including phenoxy) is 1. The molecule has 0 bridgehead atoms. The number of benzene rings is 1. The van der Waals surface area contributed by atoms with Crippen LogP contribution in [0.2, 0.25) is 0 Å². The fraction of sp³-hybridized carbons (Fsp3) is 0.533. The highest BCUT2D eigenvalue weighted by molar-refractivity contribution is 5.69. The smallest absolute Gasteiger partial charge is 0.305 e. The summed E-state index contributed by atoms with van der Waals surface area (Å²) in [6, 6.07) is 5.94. The summed E-state index contributed by atoms with van der Waals surface area (Å²) in [5.41, 5.74) is 12.4. The molecular formula is C15H19N3O2. The van der Waals surface area contributed by atoms with Crippen molar-refractivity contribution in [1.29, 1.82) is 0 Å². The van der Waals surface area contributed by atoms with E-state index < -0.39 is 0 Å². The molecule has 2 rings (SSSR count). The summed E-state index contributed by atoms with van der Waals surface area (Å²) in [6.07, 6.45) is 4.17. The lowest BCUT2D eigenvalue weighted by atomic mass is 9.98. The van der Waals surface area contributed by atoms with E-state index in [0.29, 0.717) is 13.0 Å². The molecule has 0 saturated heterocycles. The number of carbonyl (C=O) groups is 1. The molecule has 0 spiro atoms. The monoisotopic (exact) mass is 273 g/mol. The van der Waals surface area contributed by atoms with Gasteiger partial charge in [-0.15, -0.1) is 0 Å². The van der Waals surface area contributed by atoms with Crippen molar-refractivity contribution in [2.75, 3.05) is 6.61 Å². The fourth-order valence-electron chi connectivity index (χ4n) is 2.64. The van der Waals surface area contributed by atoms with Gasteiger partial charge in [-0.3, -0.25) is 4.79 Å². The molecular weight excluding hydrogens is 254 g/mol. The molecule has 1 aromatic rings. The molecule has 0 heterocycles. The topological polar surface area (TPSA) is 75.1 Å². The minimum Gasteiger partial charge on any atom is -0.466 e. The van der Waals surface area contributed by atoms with Crippen LogP contribution in [0, 0.1) is 0 Å². The van der Waals surface area contributed by atoms with Crippen LogP contribution >= 0.6 is 0 Å². The zero-order chi connectivity index (χ0) is 14.4. The van der Waals surface area contributed by atoms with Crippen molar-refractivity contribution in [1.82, 2.24) is 0 Å². The van der Waals surface area contributed by atoms with Crippen LogP contribution in [-0.2, 0) is 22.4 Å². The highest BCUT2D eigenvalue weighted by atomic mass is 16.5. The number of hydrogen-bond acceptors (Lipinski definition) is 3. The first-order chi connectivity index (χ1) is 9.74. The molecule has 1 aliphatic carbocycles. The molecule has 1 aliphatic rings. The molecule has 1 aromatic carbocycles. The van der Waals surface area contributed by atoms with Gasteiger partial charge in [-0.05, 0) is 54.8 Å². The second-order valence-corrected chi connectivity index (χ2v) is 4.95. The highest BCUT2D eigenvalue weighted by Crippen LogP contribution is 2.29. The molecule has 0 fully saturated rings. The highest BCUT2D eigenvalue weighted by Gasteiger charge is 2.16. The van der Waals surface area contributed by atoms with Gasteiger partial charge in [0.25, 0.3) is 0 Å². The average molecular weight is 273 g/mol. The number of carbonyl (C=O) groups excluding carboxylic acids is 1.